The van der Waals surface area contributed by atoms with Gasteiger partial charge < -0.3 is 14.5 Å². The Hall–Kier alpha value is -1.85. The number of carbonyl (C=O) groups excluding carboxylic acids is 3. The van der Waals surface area contributed by atoms with Gasteiger partial charge in [0.25, 0.3) is 5.91 Å². The van der Waals surface area contributed by atoms with Gasteiger partial charge in [0.1, 0.15) is 0 Å². The molecule has 1 heterocycles. The van der Waals surface area contributed by atoms with Crippen LogP contribution in [0.1, 0.15) is 12.8 Å². The van der Waals surface area contributed by atoms with E-state index >= 15 is 0 Å². The third-order valence-electron chi connectivity index (χ3n) is 2.86. The first-order valence-corrected chi connectivity index (χ1v) is 5.77. The molecule has 0 aromatic rings. The average Bonchev–Trinajstić information content (AvgIpc) is 2.80. The fourth-order valence-corrected chi connectivity index (χ4v) is 1.62. The minimum Gasteiger partial charge on any atom is -0.452 e. The SMILES string of the molecule is C=CC(=O)N(C)CCN(C)C(=O)[C@H]1CCC(=O)O1. The zero-order valence-corrected chi connectivity index (χ0v) is 10.7. The summed E-state index contributed by atoms with van der Waals surface area (Å²) in [5.74, 6) is -0.746. The zero-order chi connectivity index (χ0) is 13.7. The lowest BCUT2D eigenvalue weighted by atomic mass is 10.2. The number of hydrogen-bond acceptors (Lipinski definition) is 4. The second-order valence-corrected chi connectivity index (χ2v) is 4.24. The van der Waals surface area contributed by atoms with Gasteiger partial charge in [0.05, 0.1) is 0 Å². The number of likely N-dealkylation sites (N-methyl/N-ethyl adjacent to an activating group) is 2. The number of cyclic esters (lactones) is 1. The summed E-state index contributed by atoms with van der Waals surface area (Å²) in [6, 6.07) is 0. The first kappa shape index (κ1) is 14.2. The van der Waals surface area contributed by atoms with Crippen LogP contribution < -0.4 is 0 Å². The molecular formula is C12H18N2O4. The Morgan fingerprint density at radius 2 is 2.00 bits per heavy atom. The molecule has 0 N–H and O–H groups in total. The number of nitrogens with zero attached hydrogens (tertiary/aromatic N) is 2. The third-order valence-corrected chi connectivity index (χ3v) is 2.86. The summed E-state index contributed by atoms with van der Waals surface area (Å²) in [5.41, 5.74) is 0. The fourth-order valence-electron chi connectivity index (χ4n) is 1.62. The van der Waals surface area contributed by atoms with Crippen LogP contribution in [0.15, 0.2) is 12.7 Å². The second kappa shape index (κ2) is 6.18. The number of carbonyl (C=O) groups is 3. The van der Waals surface area contributed by atoms with Gasteiger partial charge >= 0.3 is 5.97 Å². The molecule has 1 fully saturated rings. The number of hydrogen-bond donors (Lipinski definition) is 0. The molecule has 0 unspecified atom stereocenters. The van der Waals surface area contributed by atoms with Crippen molar-refractivity contribution < 1.29 is 19.1 Å². The molecule has 6 nitrogen and oxygen atoms in total. The van der Waals surface area contributed by atoms with Gasteiger partial charge in [0.2, 0.25) is 5.91 Å². The van der Waals surface area contributed by atoms with E-state index in [1.807, 2.05) is 0 Å². The van der Waals surface area contributed by atoms with Crippen molar-refractivity contribution in [3.05, 3.63) is 12.7 Å². The van der Waals surface area contributed by atoms with Gasteiger partial charge in [-0.25, -0.2) is 0 Å². The molecule has 100 valence electrons. The molecule has 1 aliphatic heterocycles. The van der Waals surface area contributed by atoms with Crippen LogP contribution >= 0.6 is 0 Å². The average molecular weight is 254 g/mol. The Labute approximate surface area is 106 Å². The van der Waals surface area contributed by atoms with Crippen LogP contribution in [-0.4, -0.2) is 60.9 Å². The van der Waals surface area contributed by atoms with Crippen LogP contribution in [0.2, 0.25) is 0 Å². The van der Waals surface area contributed by atoms with Gasteiger partial charge in [0.15, 0.2) is 6.10 Å². The number of esters is 1. The smallest absolute Gasteiger partial charge is 0.306 e. The van der Waals surface area contributed by atoms with Crippen molar-refractivity contribution in [3.63, 3.8) is 0 Å². The topological polar surface area (TPSA) is 66.9 Å². The van der Waals surface area contributed by atoms with E-state index < -0.39 is 6.10 Å². The lowest BCUT2D eigenvalue weighted by Crippen LogP contribution is -2.41. The normalized spacial score (nSPS) is 18.1. The maximum atomic E-state index is 11.9. The van der Waals surface area contributed by atoms with Crippen molar-refractivity contribution in [3.8, 4) is 0 Å². The van der Waals surface area contributed by atoms with Crippen LogP contribution in [0, 0.1) is 0 Å². The van der Waals surface area contributed by atoms with Gasteiger partial charge in [-0.05, 0) is 6.08 Å². The molecule has 1 aliphatic rings. The van der Waals surface area contributed by atoms with E-state index in [1.165, 1.54) is 15.9 Å². The van der Waals surface area contributed by atoms with E-state index in [-0.39, 0.29) is 17.8 Å². The van der Waals surface area contributed by atoms with E-state index in [9.17, 15) is 14.4 Å². The predicted molar refractivity (Wildman–Crippen MR) is 64.6 cm³/mol. The summed E-state index contributed by atoms with van der Waals surface area (Å²) < 4.78 is 4.89. The molecule has 18 heavy (non-hydrogen) atoms. The maximum absolute atomic E-state index is 11.9. The van der Waals surface area contributed by atoms with Crippen molar-refractivity contribution >= 4 is 17.8 Å². The fraction of sp³-hybridized carbons (Fsp3) is 0.583. The van der Waals surface area contributed by atoms with Crippen LogP contribution in [-0.2, 0) is 19.1 Å². The Bertz CT molecular complexity index is 367. The van der Waals surface area contributed by atoms with E-state index in [0.29, 0.717) is 25.9 Å². The van der Waals surface area contributed by atoms with Crippen LogP contribution in [0.4, 0.5) is 0 Å². The highest BCUT2D eigenvalue weighted by molar-refractivity contribution is 5.87. The second-order valence-electron chi connectivity index (χ2n) is 4.24. The molecule has 0 aromatic heterocycles. The molecular weight excluding hydrogens is 236 g/mol. The molecule has 0 aliphatic carbocycles. The Morgan fingerprint density at radius 1 is 1.39 bits per heavy atom. The Balaban J connectivity index is 2.38. The van der Waals surface area contributed by atoms with Gasteiger partial charge in [-0.1, -0.05) is 6.58 Å². The van der Waals surface area contributed by atoms with Crippen molar-refractivity contribution in [2.45, 2.75) is 18.9 Å². The van der Waals surface area contributed by atoms with Crippen molar-refractivity contribution in [2.24, 2.45) is 0 Å². The quantitative estimate of drug-likeness (QED) is 0.503. The molecule has 0 bridgehead atoms. The minimum absolute atomic E-state index is 0.192. The Kier molecular flexibility index (Phi) is 4.88. The molecule has 2 amide bonds. The lowest BCUT2D eigenvalue weighted by molar-refractivity contribution is -0.152. The van der Waals surface area contributed by atoms with Gasteiger partial charge in [0, 0.05) is 40.0 Å². The van der Waals surface area contributed by atoms with E-state index in [2.05, 4.69) is 6.58 Å². The van der Waals surface area contributed by atoms with Crippen LogP contribution in [0.3, 0.4) is 0 Å². The highest BCUT2D eigenvalue weighted by atomic mass is 16.6. The molecule has 0 radical (unpaired) electrons. The molecule has 0 saturated carbocycles. The number of rotatable bonds is 5. The van der Waals surface area contributed by atoms with Gasteiger partial charge in [-0.15, -0.1) is 0 Å². The monoisotopic (exact) mass is 254 g/mol. The molecule has 1 rings (SSSR count). The van der Waals surface area contributed by atoms with E-state index in [0.717, 1.165) is 0 Å². The van der Waals surface area contributed by atoms with Crippen LogP contribution in [0.25, 0.3) is 0 Å². The summed E-state index contributed by atoms with van der Waals surface area (Å²) in [5, 5.41) is 0. The molecule has 0 spiro atoms. The molecule has 0 aromatic carbocycles. The van der Waals surface area contributed by atoms with Crippen molar-refractivity contribution in [1.29, 1.82) is 0 Å². The first-order valence-electron chi connectivity index (χ1n) is 5.77. The number of ether oxygens (including phenoxy) is 1. The standard InChI is InChI=1S/C12H18N2O4/c1-4-10(15)13(2)7-8-14(3)12(17)9-5-6-11(16)18-9/h4,9H,1,5-8H2,2-3H3/t9-/m1/s1. The van der Waals surface area contributed by atoms with Crippen molar-refractivity contribution in [1.82, 2.24) is 9.80 Å². The largest absolute Gasteiger partial charge is 0.452 e. The zero-order valence-electron chi connectivity index (χ0n) is 10.7. The van der Waals surface area contributed by atoms with Gasteiger partial charge in [-0.3, -0.25) is 14.4 Å². The minimum atomic E-state index is -0.664. The highest BCUT2D eigenvalue weighted by Crippen LogP contribution is 2.15. The number of amides is 2. The van der Waals surface area contributed by atoms with E-state index in [4.69, 9.17) is 4.74 Å². The third kappa shape index (κ3) is 3.58. The highest BCUT2D eigenvalue weighted by Gasteiger charge is 2.31. The summed E-state index contributed by atoms with van der Waals surface area (Å²) in [7, 11) is 3.26. The Morgan fingerprint density at radius 3 is 2.50 bits per heavy atom. The first-order chi connectivity index (χ1) is 8.45. The van der Waals surface area contributed by atoms with Crippen molar-refractivity contribution in [2.75, 3.05) is 27.2 Å². The summed E-state index contributed by atoms with van der Waals surface area (Å²) in [6.45, 7) is 4.19. The molecule has 6 heteroatoms. The predicted octanol–water partition coefficient (Wildman–Crippen LogP) is -0.205. The van der Waals surface area contributed by atoms with E-state index in [1.54, 1.807) is 14.1 Å². The van der Waals surface area contributed by atoms with Crippen LogP contribution in [0.5, 0.6) is 0 Å². The molecule has 1 saturated heterocycles. The maximum Gasteiger partial charge on any atom is 0.306 e. The molecule has 1 atom stereocenters. The summed E-state index contributed by atoms with van der Waals surface area (Å²) in [4.78, 5) is 37.0. The van der Waals surface area contributed by atoms with Gasteiger partial charge in [-0.2, -0.15) is 0 Å². The summed E-state index contributed by atoms with van der Waals surface area (Å²) in [6.07, 6.45) is 1.28. The lowest BCUT2D eigenvalue weighted by Gasteiger charge is -2.23. The summed E-state index contributed by atoms with van der Waals surface area (Å²) >= 11 is 0.